The van der Waals surface area contributed by atoms with Gasteiger partial charge in [0.15, 0.2) is 0 Å². The molecule has 0 aromatic carbocycles. The molecule has 0 amide bonds. The van der Waals surface area contributed by atoms with Crippen LogP contribution in [0.25, 0.3) is 0 Å². The quantitative estimate of drug-likeness (QED) is 0.489. The van der Waals surface area contributed by atoms with E-state index in [-0.39, 0.29) is 0 Å². The number of hydrogen-bond donors (Lipinski definition) is 0. The van der Waals surface area contributed by atoms with Gasteiger partial charge in [-0.15, -0.1) is 0 Å². The zero-order valence-electron chi connectivity index (χ0n) is 15.8. The van der Waals surface area contributed by atoms with Gasteiger partial charge in [-0.25, -0.2) is 0 Å². The van der Waals surface area contributed by atoms with Gasteiger partial charge in [0.05, 0.1) is 0 Å². The molecule has 0 rings (SSSR count). The molecule has 0 heteroatoms. The predicted octanol–water partition coefficient (Wildman–Crippen LogP) is 6.45. The zero-order chi connectivity index (χ0) is 15.8. The van der Waals surface area contributed by atoms with E-state index in [4.69, 9.17) is 5.48 Å². The molecule has 0 heterocycles. The molecule has 0 aromatic heterocycles. The number of hydrogen-bond acceptors (Lipinski definition) is 0. The maximum Gasteiger partial charge on any atom is 0.0264 e. The third-order valence-corrected chi connectivity index (χ3v) is 0.854. The topological polar surface area (TPSA) is 0 Å². The average molecular weight is 208 g/mol. The monoisotopic (exact) mass is 208 g/mol. The Kier molecular flexibility index (Phi) is 44.8. The second-order valence-electron chi connectivity index (χ2n) is 2.91. The number of rotatable bonds is 2. The van der Waals surface area contributed by atoms with Gasteiger partial charge in [0.2, 0.25) is 0 Å². The fourth-order valence-electron chi connectivity index (χ4n) is 0. The summed E-state index contributed by atoms with van der Waals surface area (Å²) in [6.45, 7) is 15.1. The van der Waals surface area contributed by atoms with Gasteiger partial charge in [-0.05, 0) is 0 Å². The van der Waals surface area contributed by atoms with Crippen molar-refractivity contribution in [3.8, 4) is 0 Å². The SMILES string of the molecule is CCC.CCCC.[2H]C([2H])(C)C.[2H]C([2H])(C)CC. The van der Waals surface area contributed by atoms with Crippen LogP contribution in [0.15, 0.2) is 0 Å². The molecule has 0 N–H and O–H groups in total. The summed E-state index contributed by atoms with van der Waals surface area (Å²) in [5.41, 5.74) is 0. The third-order valence-electron chi connectivity index (χ3n) is 0.854. The summed E-state index contributed by atoms with van der Waals surface area (Å²) < 4.78 is 26.9. The van der Waals surface area contributed by atoms with Crippen molar-refractivity contribution in [2.45, 2.75) is 93.8 Å². The molecule has 0 radical (unpaired) electrons. The molecule has 0 saturated carbocycles. The lowest BCUT2D eigenvalue weighted by Gasteiger charge is -1.68. The van der Waals surface area contributed by atoms with Crippen LogP contribution in [0.3, 0.4) is 0 Å². The Hall–Kier alpha value is 0. The summed E-state index contributed by atoms with van der Waals surface area (Å²) in [5.74, 6) is 0. The van der Waals surface area contributed by atoms with Gasteiger partial charge >= 0.3 is 0 Å². The molecule has 0 spiro atoms. The summed E-state index contributed by atoms with van der Waals surface area (Å²) in [4.78, 5) is 0. The Labute approximate surface area is 100 Å². The molecule has 0 aliphatic heterocycles. The molecule has 0 aliphatic rings. The molecule has 0 unspecified atom stereocenters. The van der Waals surface area contributed by atoms with Gasteiger partial charge in [-0.3, -0.25) is 0 Å². The Morgan fingerprint density at radius 3 is 0.786 bits per heavy atom. The van der Waals surface area contributed by atoms with Crippen molar-refractivity contribution in [1.29, 1.82) is 0 Å². The van der Waals surface area contributed by atoms with E-state index in [1.807, 2.05) is 6.92 Å². The molecule has 0 fully saturated rings. The minimum Gasteiger partial charge on any atom is -0.0656 e. The summed E-state index contributed by atoms with van der Waals surface area (Å²) in [6.07, 6.45) is 2.53. The largest absolute Gasteiger partial charge is 0.0656 e. The molecular formula is C14H36. The van der Waals surface area contributed by atoms with E-state index in [2.05, 4.69) is 27.7 Å². The van der Waals surface area contributed by atoms with Crippen LogP contribution in [-0.2, 0) is 0 Å². The molecule has 14 heavy (non-hydrogen) atoms. The van der Waals surface area contributed by atoms with Gasteiger partial charge in [-0.1, -0.05) is 93.8 Å². The highest BCUT2D eigenvalue weighted by Crippen LogP contribution is 1.77. The van der Waals surface area contributed by atoms with Crippen LogP contribution < -0.4 is 0 Å². The first-order valence-electron chi connectivity index (χ1n) is 7.89. The molecule has 0 atom stereocenters. The molecular weight excluding hydrogens is 168 g/mol. The molecule has 0 aromatic rings. The molecule has 0 saturated heterocycles. The van der Waals surface area contributed by atoms with Crippen LogP contribution in [0, 0.1) is 0 Å². The fourth-order valence-corrected chi connectivity index (χ4v) is 0. The first-order valence-corrected chi connectivity index (χ1v) is 5.89. The minimum absolute atomic E-state index is 0.604. The van der Waals surface area contributed by atoms with Crippen molar-refractivity contribution < 1.29 is 5.48 Å². The summed E-state index contributed by atoms with van der Waals surface area (Å²) >= 11 is 0. The second-order valence-corrected chi connectivity index (χ2v) is 2.91. The van der Waals surface area contributed by atoms with Crippen LogP contribution in [0.2, 0.25) is 0 Å². The van der Waals surface area contributed by atoms with Crippen molar-refractivity contribution in [3.63, 3.8) is 0 Å². The Morgan fingerprint density at radius 1 is 0.643 bits per heavy atom. The van der Waals surface area contributed by atoms with E-state index in [1.54, 1.807) is 6.92 Å². The standard InChI is InChI=1S/2C4H10.2C3H8/c2*1-3-4-2;2*1-3-2/h2*3-4H2,1-2H3;2*3H2,1-2H3/i3D2;;3D2;. The van der Waals surface area contributed by atoms with Crippen LogP contribution in [0.1, 0.15) is 99.3 Å². The highest BCUT2D eigenvalue weighted by molar-refractivity contribution is 4.13. The van der Waals surface area contributed by atoms with Crippen LogP contribution in [0.4, 0.5) is 0 Å². The lowest BCUT2D eigenvalue weighted by atomic mass is 10.4. The Bertz CT molecular complexity index is 115. The smallest absolute Gasteiger partial charge is 0.0264 e. The molecule has 92 valence electrons. The van der Waals surface area contributed by atoms with Gasteiger partial charge in [0.1, 0.15) is 0 Å². The summed E-state index contributed by atoms with van der Waals surface area (Å²) in [5, 5.41) is 0. The zero-order valence-corrected chi connectivity index (χ0v) is 11.8. The van der Waals surface area contributed by atoms with E-state index in [1.165, 1.54) is 33.1 Å². The van der Waals surface area contributed by atoms with Gasteiger partial charge in [0.25, 0.3) is 0 Å². The van der Waals surface area contributed by atoms with E-state index < -0.39 is 12.7 Å². The van der Waals surface area contributed by atoms with Crippen molar-refractivity contribution in [2.24, 2.45) is 0 Å². The van der Waals surface area contributed by atoms with Crippen molar-refractivity contribution in [3.05, 3.63) is 0 Å². The molecule has 0 nitrogen and oxygen atoms in total. The van der Waals surface area contributed by atoms with E-state index in [0.29, 0.717) is 6.42 Å². The Balaban J connectivity index is -0.0000000750. The molecule has 0 bridgehead atoms. The minimum atomic E-state index is -1.00. The average Bonchev–Trinajstić information content (AvgIpc) is 2.16. The van der Waals surface area contributed by atoms with Gasteiger partial charge in [0, 0.05) is 5.48 Å². The van der Waals surface area contributed by atoms with Crippen molar-refractivity contribution in [1.82, 2.24) is 0 Å². The van der Waals surface area contributed by atoms with Gasteiger partial charge in [-0.2, -0.15) is 0 Å². The fraction of sp³-hybridized carbons (Fsp3) is 1.00. The predicted molar refractivity (Wildman–Crippen MR) is 73.1 cm³/mol. The van der Waals surface area contributed by atoms with Crippen LogP contribution >= 0.6 is 0 Å². The van der Waals surface area contributed by atoms with Gasteiger partial charge < -0.3 is 0 Å². The van der Waals surface area contributed by atoms with Crippen LogP contribution in [-0.4, -0.2) is 0 Å². The highest BCUT2D eigenvalue weighted by Gasteiger charge is 1.56. The molecule has 0 aliphatic carbocycles. The van der Waals surface area contributed by atoms with Crippen molar-refractivity contribution >= 4 is 0 Å². The highest BCUT2D eigenvalue weighted by atomic mass is 13.6. The van der Waals surface area contributed by atoms with Crippen molar-refractivity contribution in [2.75, 3.05) is 0 Å². The summed E-state index contributed by atoms with van der Waals surface area (Å²) in [7, 11) is 0. The lowest BCUT2D eigenvalue weighted by Crippen LogP contribution is -1.47. The number of unbranched alkanes of at least 4 members (excludes halogenated alkanes) is 1. The van der Waals surface area contributed by atoms with E-state index >= 15 is 0 Å². The summed E-state index contributed by atoms with van der Waals surface area (Å²) in [6, 6.07) is 0. The Morgan fingerprint density at radius 2 is 0.786 bits per heavy atom. The normalized spacial score (nSPS) is 13.1. The first-order chi connectivity index (χ1) is 7.89. The third kappa shape index (κ3) is 363. The lowest BCUT2D eigenvalue weighted by molar-refractivity contribution is 0.886. The second kappa shape index (κ2) is 52.0. The van der Waals surface area contributed by atoms with E-state index in [9.17, 15) is 0 Å². The maximum atomic E-state index is 6.85. The van der Waals surface area contributed by atoms with Crippen LogP contribution in [0.5, 0.6) is 0 Å². The maximum absolute atomic E-state index is 6.85. The first kappa shape index (κ1) is 12.1. The van der Waals surface area contributed by atoms with E-state index in [0.717, 1.165) is 0 Å².